The molecule has 1 fully saturated rings. The topological polar surface area (TPSA) is 67.5 Å². The predicted molar refractivity (Wildman–Crippen MR) is 87.7 cm³/mol. The Labute approximate surface area is 140 Å². The normalized spacial score (nSPS) is 15.5. The first-order valence-electron chi connectivity index (χ1n) is 8.45. The van der Waals surface area contributed by atoms with Crippen LogP contribution < -0.4 is 9.47 Å². The molecule has 0 bridgehead atoms. The Bertz CT molecular complexity index is 710. The van der Waals surface area contributed by atoms with Crippen molar-refractivity contribution in [2.75, 3.05) is 6.79 Å². The van der Waals surface area contributed by atoms with Crippen molar-refractivity contribution in [1.29, 1.82) is 0 Å². The fourth-order valence-corrected chi connectivity index (χ4v) is 3.04. The zero-order valence-electron chi connectivity index (χ0n) is 13.5. The quantitative estimate of drug-likeness (QED) is 0.849. The van der Waals surface area contributed by atoms with Crippen LogP contribution in [0.4, 0.5) is 0 Å². The molecule has 2 aliphatic rings. The number of hydrogen-bond donors (Lipinski definition) is 1. The molecule has 1 aromatic heterocycles. The van der Waals surface area contributed by atoms with E-state index in [1.807, 2.05) is 35.5 Å². The van der Waals surface area contributed by atoms with Gasteiger partial charge in [-0.1, -0.05) is 6.07 Å². The minimum Gasteiger partial charge on any atom is -0.454 e. The van der Waals surface area contributed by atoms with E-state index in [2.05, 4.69) is 10.2 Å². The molecule has 1 saturated carbocycles. The summed E-state index contributed by atoms with van der Waals surface area (Å²) >= 11 is 0. The number of benzene rings is 1. The SMILES string of the molecule is O=C(CCCc1cn[nH]c1)N(Cc1ccc2c(c1)OCO2)C1CC1. The third-order valence-electron chi connectivity index (χ3n) is 4.51. The molecular formula is C18H21N3O3. The van der Waals surface area contributed by atoms with E-state index >= 15 is 0 Å². The molecule has 2 aromatic rings. The molecule has 24 heavy (non-hydrogen) atoms. The molecule has 0 radical (unpaired) electrons. The number of amides is 1. The van der Waals surface area contributed by atoms with Gasteiger partial charge in [0.2, 0.25) is 12.7 Å². The Balaban J connectivity index is 1.36. The van der Waals surface area contributed by atoms with Gasteiger partial charge in [0.15, 0.2) is 11.5 Å². The molecule has 1 aliphatic heterocycles. The number of fused-ring (bicyclic) bond motifs is 1. The fourth-order valence-electron chi connectivity index (χ4n) is 3.04. The molecule has 126 valence electrons. The maximum Gasteiger partial charge on any atom is 0.231 e. The van der Waals surface area contributed by atoms with Gasteiger partial charge in [-0.2, -0.15) is 5.10 Å². The summed E-state index contributed by atoms with van der Waals surface area (Å²) in [4.78, 5) is 14.7. The molecule has 6 heteroatoms. The van der Waals surface area contributed by atoms with E-state index in [0.29, 0.717) is 19.0 Å². The molecule has 1 aromatic carbocycles. The second-order valence-electron chi connectivity index (χ2n) is 6.40. The lowest BCUT2D eigenvalue weighted by molar-refractivity contribution is -0.132. The highest BCUT2D eigenvalue weighted by molar-refractivity contribution is 5.77. The number of aromatic nitrogens is 2. The van der Waals surface area contributed by atoms with E-state index in [1.54, 1.807) is 0 Å². The zero-order valence-corrected chi connectivity index (χ0v) is 13.5. The van der Waals surface area contributed by atoms with Crippen molar-refractivity contribution in [3.8, 4) is 11.5 Å². The van der Waals surface area contributed by atoms with Gasteiger partial charge >= 0.3 is 0 Å². The lowest BCUT2D eigenvalue weighted by atomic mass is 10.1. The lowest BCUT2D eigenvalue weighted by Crippen LogP contribution is -2.32. The molecule has 4 rings (SSSR count). The molecule has 1 N–H and O–H groups in total. The first-order chi connectivity index (χ1) is 11.8. The summed E-state index contributed by atoms with van der Waals surface area (Å²) in [6, 6.07) is 6.32. The first kappa shape index (κ1) is 15.1. The molecule has 2 heterocycles. The number of carbonyl (C=O) groups is 1. The zero-order chi connectivity index (χ0) is 16.4. The molecule has 1 aliphatic carbocycles. The molecular weight excluding hydrogens is 306 g/mol. The van der Waals surface area contributed by atoms with Gasteiger partial charge in [-0.3, -0.25) is 9.89 Å². The maximum absolute atomic E-state index is 12.6. The van der Waals surface area contributed by atoms with Crippen LogP contribution in [0.15, 0.2) is 30.6 Å². The van der Waals surface area contributed by atoms with Crippen LogP contribution in [0.2, 0.25) is 0 Å². The van der Waals surface area contributed by atoms with E-state index in [9.17, 15) is 4.79 Å². The van der Waals surface area contributed by atoms with Crippen LogP contribution in [0.5, 0.6) is 11.5 Å². The predicted octanol–water partition coefficient (Wildman–Crippen LogP) is 2.65. The van der Waals surface area contributed by atoms with E-state index in [0.717, 1.165) is 48.3 Å². The van der Waals surface area contributed by atoms with Gasteiger partial charge in [-0.25, -0.2) is 0 Å². The Morgan fingerprint density at radius 1 is 1.25 bits per heavy atom. The average molecular weight is 327 g/mol. The fraction of sp³-hybridized carbons (Fsp3) is 0.444. The number of nitrogens with one attached hydrogen (secondary N) is 1. The maximum atomic E-state index is 12.6. The summed E-state index contributed by atoms with van der Waals surface area (Å²) in [6.07, 6.45) is 8.22. The summed E-state index contributed by atoms with van der Waals surface area (Å²) in [5.41, 5.74) is 2.24. The summed E-state index contributed by atoms with van der Waals surface area (Å²) < 4.78 is 10.8. The third-order valence-corrected chi connectivity index (χ3v) is 4.51. The third kappa shape index (κ3) is 3.37. The van der Waals surface area contributed by atoms with Crippen molar-refractivity contribution in [3.63, 3.8) is 0 Å². The first-order valence-corrected chi connectivity index (χ1v) is 8.45. The van der Waals surface area contributed by atoms with Gasteiger partial charge in [0.05, 0.1) is 6.20 Å². The Hall–Kier alpha value is -2.50. The van der Waals surface area contributed by atoms with Gasteiger partial charge in [0, 0.05) is 25.2 Å². The Morgan fingerprint density at radius 2 is 2.12 bits per heavy atom. The van der Waals surface area contributed by atoms with Gasteiger partial charge in [-0.05, 0) is 48.9 Å². The molecule has 0 unspecified atom stereocenters. The summed E-state index contributed by atoms with van der Waals surface area (Å²) in [5.74, 6) is 1.79. The highest BCUT2D eigenvalue weighted by Crippen LogP contribution is 2.34. The van der Waals surface area contributed by atoms with E-state index in [1.165, 1.54) is 0 Å². The number of rotatable bonds is 7. The van der Waals surface area contributed by atoms with Crippen molar-refractivity contribution >= 4 is 5.91 Å². The highest BCUT2D eigenvalue weighted by Gasteiger charge is 2.32. The second kappa shape index (κ2) is 6.55. The largest absolute Gasteiger partial charge is 0.454 e. The number of H-pyrrole nitrogens is 1. The number of hydrogen-bond acceptors (Lipinski definition) is 4. The number of aryl methyl sites for hydroxylation is 1. The number of aromatic amines is 1. The lowest BCUT2D eigenvalue weighted by Gasteiger charge is -2.23. The summed E-state index contributed by atoms with van der Waals surface area (Å²) in [5, 5.41) is 6.74. The number of ether oxygens (including phenoxy) is 2. The Morgan fingerprint density at radius 3 is 2.92 bits per heavy atom. The van der Waals surface area contributed by atoms with Gasteiger partial charge in [-0.15, -0.1) is 0 Å². The standard InChI is InChI=1S/C18H21N3O3/c22-18(3-1-2-14-9-19-20-10-14)21(15-5-6-15)11-13-4-7-16-17(8-13)24-12-23-16/h4,7-10,15H,1-3,5-6,11-12H2,(H,19,20). The summed E-state index contributed by atoms with van der Waals surface area (Å²) in [7, 11) is 0. The van der Waals surface area contributed by atoms with Crippen LogP contribution >= 0.6 is 0 Å². The Kier molecular flexibility index (Phi) is 4.11. The van der Waals surface area contributed by atoms with Crippen LogP contribution in [-0.2, 0) is 17.8 Å². The minimum absolute atomic E-state index is 0.235. The number of nitrogens with zero attached hydrogens (tertiary/aromatic N) is 2. The monoisotopic (exact) mass is 327 g/mol. The minimum atomic E-state index is 0.235. The van der Waals surface area contributed by atoms with E-state index in [4.69, 9.17) is 9.47 Å². The second-order valence-corrected chi connectivity index (χ2v) is 6.40. The molecule has 0 spiro atoms. The molecule has 0 saturated heterocycles. The van der Waals surface area contributed by atoms with Gasteiger partial charge in [0.1, 0.15) is 0 Å². The van der Waals surface area contributed by atoms with E-state index < -0.39 is 0 Å². The van der Waals surface area contributed by atoms with Crippen molar-refractivity contribution in [1.82, 2.24) is 15.1 Å². The van der Waals surface area contributed by atoms with Crippen molar-refractivity contribution in [2.45, 2.75) is 44.7 Å². The number of carbonyl (C=O) groups excluding carboxylic acids is 1. The van der Waals surface area contributed by atoms with Crippen LogP contribution in [0, 0.1) is 0 Å². The van der Waals surface area contributed by atoms with Crippen LogP contribution in [-0.4, -0.2) is 33.8 Å². The average Bonchev–Trinajstić information content (AvgIpc) is 3.09. The summed E-state index contributed by atoms with van der Waals surface area (Å²) in [6.45, 7) is 0.921. The molecule has 6 nitrogen and oxygen atoms in total. The van der Waals surface area contributed by atoms with Crippen LogP contribution in [0.25, 0.3) is 0 Å². The van der Waals surface area contributed by atoms with Crippen molar-refractivity contribution in [3.05, 3.63) is 41.7 Å². The highest BCUT2D eigenvalue weighted by atomic mass is 16.7. The van der Waals surface area contributed by atoms with Crippen molar-refractivity contribution in [2.24, 2.45) is 0 Å². The molecule has 0 atom stereocenters. The van der Waals surface area contributed by atoms with Gasteiger partial charge < -0.3 is 14.4 Å². The van der Waals surface area contributed by atoms with Crippen molar-refractivity contribution < 1.29 is 14.3 Å². The van der Waals surface area contributed by atoms with Gasteiger partial charge in [0.25, 0.3) is 0 Å². The molecule has 1 amide bonds. The van der Waals surface area contributed by atoms with E-state index in [-0.39, 0.29) is 12.7 Å². The van der Waals surface area contributed by atoms with Crippen LogP contribution in [0.3, 0.4) is 0 Å². The smallest absolute Gasteiger partial charge is 0.231 e. The van der Waals surface area contributed by atoms with Crippen LogP contribution in [0.1, 0.15) is 36.8 Å².